The summed E-state index contributed by atoms with van der Waals surface area (Å²) in [7, 11) is 0. The molecule has 5 heteroatoms. The van der Waals surface area contributed by atoms with E-state index in [0.29, 0.717) is 21.1 Å². The SMILES string of the molecule is CC1CCCC(Sc2nc(N)c(Cl)cc2Cl)C1. The quantitative estimate of drug-likeness (QED) is 0.862. The average molecular weight is 291 g/mol. The van der Waals surface area contributed by atoms with Crippen LogP contribution in [-0.2, 0) is 0 Å². The molecular weight excluding hydrogens is 275 g/mol. The van der Waals surface area contributed by atoms with Crippen molar-refractivity contribution in [2.45, 2.75) is 42.9 Å². The van der Waals surface area contributed by atoms with E-state index in [1.165, 1.54) is 25.7 Å². The molecule has 2 atom stereocenters. The molecule has 94 valence electrons. The number of pyridine rings is 1. The lowest BCUT2D eigenvalue weighted by molar-refractivity contribution is 0.394. The Balaban J connectivity index is 2.10. The molecule has 1 aromatic heterocycles. The number of anilines is 1. The predicted molar refractivity (Wildman–Crippen MR) is 75.9 cm³/mol. The molecule has 1 fully saturated rings. The smallest absolute Gasteiger partial charge is 0.143 e. The number of nitrogens with zero attached hydrogens (tertiary/aromatic N) is 1. The molecule has 0 spiro atoms. The van der Waals surface area contributed by atoms with E-state index in [1.807, 2.05) is 0 Å². The number of nitrogens with two attached hydrogens (primary N) is 1. The summed E-state index contributed by atoms with van der Waals surface area (Å²) in [5, 5.41) is 2.45. The maximum Gasteiger partial charge on any atom is 0.143 e. The zero-order valence-corrected chi connectivity index (χ0v) is 12.1. The number of nitrogen functional groups attached to an aromatic ring is 1. The van der Waals surface area contributed by atoms with Gasteiger partial charge in [0.05, 0.1) is 10.0 Å². The third-order valence-electron chi connectivity index (χ3n) is 3.09. The lowest BCUT2D eigenvalue weighted by Crippen LogP contribution is -2.15. The summed E-state index contributed by atoms with van der Waals surface area (Å²) in [4.78, 5) is 4.27. The molecule has 1 saturated carbocycles. The highest BCUT2D eigenvalue weighted by molar-refractivity contribution is 8.00. The minimum Gasteiger partial charge on any atom is -0.382 e. The first-order chi connectivity index (χ1) is 8.06. The van der Waals surface area contributed by atoms with E-state index in [1.54, 1.807) is 17.8 Å². The Kier molecular flexibility index (Phi) is 4.45. The number of hydrogen-bond acceptors (Lipinski definition) is 3. The summed E-state index contributed by atoms with van der Waals surface area (Å²) in [6.07, 6.45) is 5.08. The maximum absolute atomic E-state index is 6.13. The van der Waals surface area contributed by atoms with Crippen molar-refractivity contribution in [3.8, 4) is 0 Å². The summed E-state index contributed by atoms with van der Waals surface area (Å²) in [6.45, 7) is 2.30. The van der Waals surface area contributed by atoms with E-state index >= 15 is 0 Å². The van der Waals surface area contributed by atoms with Crippen LogP contribution < -0.4 is 5.73 Å². The lowest BCUT2D eigenvalue weighted by atomic mass is 9.91. The number of aromatic nitrogens is 1. The third kappa shape index (κ3) is 3.43. The van der Waals surface area contributed by atoms with Crippen molar-refractivity contribution >= 4 is 40.8 Å². The second-order valence-electron chi connectivity index (χ2n) is 4.65. The maximum atomic E-state index is 6.13. The van der Waals surface area contributed by atoms with Gasteiger partial charge in [-0.15, -0.1) is 11.8 Å². The fourth-order valence-corrected chi connectivity index (χ4v) is 4.03. The lowest BCUT2D eigenvalue weighted by Gasteiger charge is -2.26. The standard InChI is InChI=1S/C12H16Cl2N2S/c1-7-3-2-4-8(5-7)17-12-10(14)6-9(13)11(15)16-12/h6-8H,2-5H2,1H3,(H2,15,16). The molecule has 0 bridgehead atoms. The van der Waals surface area contributed by atoms with Crippen LogP contribution in [0.15, 0.2) is 11.1 Å². The van der Waals surface area contributed by atoms with Crippen molar-refractivity contribution in [2.24, 2.45) is 5.92 Å². The van der Waals surface area contributed by atoms with Crippen molar-refractivity contribution in [1.29, 1.82) is 0 Å². The van der Waals surface area contributed by atoms with Crippen LogP contribution in [0.1, 0.15) is 32.6 Å². The summed E-state index contributed by atoms with van der Waals surface area (Å²) < 4.78 is 0. The highest BCUT2D eigenvalue weighted by Gasteiger charge is 2.21. The molecule has 2 unspecified atom stereocenters. The van der Waals surface area contributed by atoms with E-state index in [2.05, 4.69) is 11.9 Å². The molecule has 1 aromatic rings. The number of thioether (sulfide) groups is 1. The Morgan fingerprint density at radius 2 is 2.12 bits per heavy atom. The van der Waals surface area contributed by atoms with Crippen LogP contribution in [0.3, 0.4) is 0 Å². The van der Waals surface area contributed by atoms with Crippen LogP contribution in [0, 0.1) is 5.92 Å². The molecule has 1 aliphatic rings. The van der Waals surface area contributed by atoms with Gasteiger partial charge in [0.15, 0.2) is 0 Å². The monoisotopic (exact) mass is 290 g/mol. The number of rotatable bonds is 2. The first kappa shape index (κ1) is 13.3. The Morgan fingerprint density at radius 1 is 1.35 bits per heavy atom. The van der Waals surface area contributed by atoms with Gasteiger partial charge in [-0.2, -0.15) is 0 Å². The van der Waals surface area contributed by atoms with Crippen LogP contribution in [0.5, 0.6) is 0 Å². The molecule has 0 radical (unpaired) electrons. The van der Waals surface area contributed by atoms with Crippen LogP contribution >= 0.6 is 35.0 Å². The van der Waals surface area contributed by atoms with Gasteiger partial charge >= 0.3 is 0 Å². The molecular formula is C12H16Cl2N2S. The van der Waals surface area contributed by atoms with Crippen molar-refractivity contribution in [2.75, 3.05) is 5.73 Å². The second-order valence-corrected chi connectivity index (χ2v) is 6.76. The zero-order chi connectivity index (χ0) is 12.4. The molecule has 1 heterocycles. The fourth-order valence-electron chi connectivity index (χ4n) is 2.19. The minimum atomic E-state index is 0.363. The first-order valence-electron chi connectivity index (χ1n) is 5.84. The van der Waals surface area contributed by atoms with Gasteiger partial charge < -0.3 is 5.73 Å². The van der Waals surface area contributed by atoms with Gasteiger partial charge in [-0.3, -0.25) is 0 Å². The molecule has 0 aliphatic heterocycles. The minimum absolute atomic E-state index is 0.363. The molecule has 0 amide bonds. The van der Waals surface area contributed by atoms with Crippen molar-refractivity contribution in [3.05, 3.63) is 16.1 Å². The molecule has 2 nitrogen and oxygen atoms in total. The largest absolute Gasteiger partial charge is 0.382 e. The average Bonchev–Trinajstić information content (AvgIpc) is 2.26. The molecule has 0 aromatic carbocycles. The molecule has 2 N–H and O–H groups in total. The van der Waals surface area contributed by atoms with Gasteiger partial charge in [0.1, 0.15) is 10.8 Å². The van der Waals surface area contributed by atoms with E-state index < -0.39 is 0 Å². The molecule has 0 saturated heterocycles. The fraction of sp³-hybridized carbons (Fsp3) is 0.583. The van der Waals surface area contributed by atoms with Crippen LogP contribution in [-0.4, -0.2) is 10.2 Å². The van der Waals surface area contributed by atoms with Gasteiger partial charge in [-0.25, -0.2) is 4.98 Å². The third-order valence-corrected chi connectivity index (χ3v) is 5.09. The highest BCUT2D eigenvalue weighted by Crippen LogP contribution is 2.39. The highest BCUT2D eigenvalue weighted by atomic mass is 35.5. The predicted octanol–water partition coefficient (Wildman–Crippen LogP) is 4.64. The van der Waals surface area contributed by atoms with Gasteiger partial charge in [-0.05, 0) is 24.8 Å². The van der Waals surface area contributed by atoms with Gasteiger partial charge in [0.25, 0.3) is 0 Å². The molecule has 17 heavy (non-hydrogen) atoms. The summed E-state index contributed by atoms with van der Waals surface area (Å²) in [5.41, 5.74) is 5.71. The number of halogens is 2. The number of hydrogen-bond donors (Lipinski definition) is 1. The summed E-state index contributed by atoms with van der Waals surface area (Å²) in [6, 6.07) is 1.68. The van der Waals surface area contributed by atoms with Crippen LogP contribution in [0.2, 0.25) is 10.0 Å². The normalized spacial score (nSPS) is 24.9. The van der Waals surface area contributed by atoms with Gasteiger partial charge in [0, 0.05) is 5.25 Å². The van der Waals surface area contributed by atoms with Crippen molar-refractivity contribution < 1.29 is 0 Å². The van der Waals surface area contributed by atoms with Crippen molar-refractivity contribution in [1.82, 2.24) is 4.98 Å². The Bertz CT molecular complexity index is 412. The molecule has 2 rings (SSSR count). The second kappa shape index (κ2) is 5.68. The molecule has 1 aliphatic carbocycles. The summed E-state index contributed by atoms with van der Waals surface area (Å²) in [5.74, 6) is 1.16. The Labute approximate surface area is 116 Å². The van der Waals surface area contributed by atoms with E-state index in [0.717, 1.165) is 10.9 Å². The van der Waals surface area contributed by atoms with Crippen LogP contribution in [0.4, 0.5) is 5.82 Å². The van der Waals surface area contributed by atoms with E-state index in [9.17, 15) is 0 Å². The zero-order valence-electron chi connectivity index (χ0n) is 9.75. The first-order valence-corrected chi connectivity index (χ1v) is 7.48. The van der Waals surface area contributed by atoms with Gasteiger partial charge in [0.2, 0.25) is 0 Å². The Morgan fingerprint density at radius 3 is 2.82 bits per heavy atom. The van der Waals surface area contributed by atoms with Crippen molar-refractivity contribution in [3.63, 3.8) is 0 Å². The van der Waals surface area contributed by atoms with Gasteiger partial charge in [-0.1, -0.05) is 43.0 Å². The van der Waals surface area contributed by atoms with E-state index in [-0.39, 0.29) is 0 Å². The summed E-state index contributed by atoms with van der Waals surface area (Å²) >= 11 is 13.7. The Hall–Kier alpha value is -0.120. The van der Waals surface area contributed by atoms with E-state index in [4.69, 9.17) is 28.9 Å². The van der Waals surface area contributed by atoms with Crippen LogP contribution in [0.25, 0.3) is 0 Å². The topological polar surface area (TPSA) is 38.9 Å².